The van der Waals surface area contributed by atoms with Gasteiger partial charge in [0.1, 0.15) is 0 Å². The summed E-state index contributed by atoms with van der Waals surface area (Å²) in [6.07, 6.45) is 0.606. The van der Waals surface area contributed by atoms with E-state index >= 15 is 0 Å². The van der Waals surface area contributed by atoms with Crippen LogP contribution in [0.2, 0.25) is 0 Å². The van der Waals surface area contributed by atoms with E-state index in [0.29, 0.717) is 12.5 Å². The lowest BCUT2D eigenvalue weighted by Crippen LogP contribution is -2.53. The first-order valence-corrected chi connectivity index (χ1v) is 5.31. The second-order valence-electron chi connectivity index (χ2n) is 5.17. The summed E-state index contributed by atoms with van der Waals surface area (Å²) in [6, 6.07) is 0. The van der Waals surface area contributed by atoms with Crippen molar-refractivity contribution in [2.75, 3.05) is 6.54 Å². The minimum Gasteiger partial charge on any atom is -0.393 e. The first-order chi connectivity index (χ1) is 6.35. The van der Waals surface area contributed by atoms with E-state index in [2.05, 4.69) is 5.32 Å². The summed E-state index contributed by atoms with van der Waals surface area (Å²) in [4.78, 5) is 11.3. The fourth-order valence-electron chi connectivity index (χ4n) is 1.76. The number of carbonyl (C=O) groups is 1. The fourth-order valence-corrected chi connectivity index (χ4v) is 1.76. The average Bonchev–Trinajstić information content (AvgIpc) is 2.11. The number of carbonyl (C=O) groups excluding carboxylic acids is 1. The van der Waals surface area contributed by atoms with Gasteiger partial charge in [-0.2, -0.15) is 0 Å². The predicted molar refractivity (Wildman–Crippen MR) is 55.7 cm³/mol. The van der Waals surface area contributed by atoms with Gasteiger partial charge in [-0.1, -0.05) is 27.7 Å². The van der Waals surface area contributed by atoms with Crippen LogP contribution in [0.1, 0.15) is 34.1 Å². The van der Waals surface area contributed by atoms with Crippen molar-refractivity contribution >= 4 is 5.91 Å². The minimum absolute atomic E-state index is 0.0374. The number of aliphatic hydroxyl groups is 1. The molecule has 1 amide bonds. The topological polar surface area (TPSA) is 49.3 Å². The van der Waals surface area contributed by atoms with E-state index in [-0.39, 0.29) is 23.3 Å². The molecule has 3 nitrogen and oxygen atoms in total. The van der Waals surface area contributed by atoms with Gasteiger partial charge in [0.15, 0.2) is 0 Å². The Morgan fingerprint density at radius 2 is 2.14 bits per heavy atom. The Hall–Kier alpha value is -0.570. The van der Waals surface area contributed by atoms with Gasteiger partial charge in [-0.15, -0.1) is 0 Å². The first-order valence-electron chi connectivity index (χ1n) is 5.31. The molecule has 0 saturated heterocycles. The van der Waals surface area contributed by atoms with Gasteiger partial charge in [0.05, 0.1) is 6.10 Å². The number of aliphatic hydroxyl groups excluding tert-OH is 1. The molecule has 2 unspecified atom stereocenters. The highest BCUT2D eigenvalue weighted by atomic mass is 16.3. The molecule has 1 saturated carbocycles. The van der Waals surface area contributed by atoms with Crippen molar-refractivity contribution in [1.82, 2.24) is 5.32 Å². The van der Waals surface area contributed by atoms with Crippen LogP contribution in [0, 0.1) is 17.3 Å². The van der Waals surface area contributed by atoms with E-state index in [1.165, 1.54) is 0 Å². The van der Waals surface area contributed by atoms with Crippen molar-refractivity contribution in [3.05, 3.63) is 0 Å². The molecule has 1 rings (SSSR count). The summed E-state index contributed by atoms with van der Waals surface area (Å²) in [5.41, 5.74) is -0.0374. The highest BCUT2D eigenvalue weighted by Crippen LogP contribution is 2.45. The molecule has 1 aliphatic rings. The summed E-state index contributed by atoms with van der Waals surface area (Å²) in [5, 5.41) is 12.4. The quantitative estimate of drug-likeness (QED) is 0.716. The van der Waals surface area contributed by atoms with Gasteiger partial charge < -0.3 is 10.4 Å². The lowest BCUT2D eigenvalue weighted by molar-refractivity contribution is -0.127. The molecule has 0 aromatic heterocycles. The zero-order chi connectivity index (χ0) is 10.9. The third-order valence-electron chi connectivity index (χ3n) is 3.47. The van der Waals surface area contributed by atoms with Crippen LogP contribution in [-0.2, 0) is 4.79 Å². The van der Waals surface area contributed by atoms with E-state index in [1.807, 2.05) is 27.7 Å². The number of amides is 1. The summed E-state index contributed by atoms with van der Waals surface area (Å²) >= 11 is 0. The molecule has 0 bridgehead atoms. The number of hydrogen-bond donors (Lipinski definition) is 2. The summed E-state index contributed by atoms with van der Waals surface area (Å²) < 4.78 is 0. The van der Waals surface area contributed by atoms with Gasteiger partial charge >= 0.3 is 0 Å². The molecule has 0 aromatic rings. The Morgan fingerprint density at radius 1 is 1.57 bits per heavy atom. The molecule has 0 aliphatic heterocycles. The fraction of sp³-hybridized carbons (Fsp3) is 0.909. The molecule has 1 fully saturated rings. The second kappa shape index (κ2) is 3.89. The standard InChI is InChI=1S/C11H21NO2/c1-7(2)10(14)12-6-8-5-9(13)11(8,3)4/h7-9,13H,5-6H2,1-4H3,(H,12,14). The summed E-state index contributed by atoms with van der Waals surface area (Å²) in [7, 11) is 0. The molecular weight excluding hydrogens is 178 g/mol. The van der Waals surface area contributed by atoms with Crippen LogP contribution in [0.3, 0.4) is 0 Å². The maximum Gasteiger partial charge on any atom is 0.222 e. The minimum atomic E-state index is -0.205. The second-order valence-corrected chi connectivity index (χ2v) is 5.17. The monoisotopic (exact) mass is 199 g/mol. The molecule has 14 heavy (non-hydrogen) atoms. The zero-order valence-electron chi connectivity index (χ0n) is 9.50. The van der Waals surface area contributed by atoms with Crippen molar-refractivity contribution in [1.29, 1.82) is 0 Å². The van der Waals surface area contributed by atoms with Crippen molar-refractivity contribution in [3.63, 3.8) is 0 Å². The van der Waals surface area contributed by atoms with E-state index in [1.54, 1.807) is 0 Å². The largest absolute Gasteiger partial charge is 0.393 e. The van der Waals surface area contributed by atoms with E-state index < -0.39 is 0 Å². The molecule has 0 heterocycles. The SMILES string of the molecule is CC(C)C(=O)NCC1CC(O)C1(C)C. The molecule has 82 valence electrons. The highest BCUT2D eigenvalue weighted by Gasteiger charge is 2.46. The molecule has 3 heteroatoms. The Bertz CT molecular complexity index is 223. The van der Waals surface area contributed by atoms with Crippen molar-refractivity contribution < 1.29 is 9.90 Å². The summed E-state index contributed by atoms with van der Waals surface area (Å²) in [5.74, 6) is 0.561. The lowest BCUT2D eigenvalue weighted by atomic mass is 9.60. The van der Waals surface area contributed by atoms with E-state index in [9.17, 15) is 9.90 Å². The number of nitrogens with one attached hydrogen (secondary N) is 1. The highest BCUT2D eigenvalue weighted by molar-refractivity contribution is 5.77. The third kappa shape index (κ3) is 2.08. The third-order valence-corrected chi connectivity index (χ3v) is 3.47. The smallest absolute Gasteiger partial charge is 0.222 e. The molecule has 0 radical (unpaired) electrons. The van der Waals surface area contributed by atoms with Crippen LogP contribution in [0.25, 0.3) is 0 Å². The van der Waals surface area contributed by atoms with Crippen LogP contribution in [-0.4, -0.2) is 23.7 Å². The molecule has 0 spiro atoms. The van der Waals surface area contributed by atoms with Crippen LogP contribution in [0.5, 0.6) is 0 Å². The number of hydrogen-bond acceptors (Lipinski definition) is 2. The maximum atomic E-state index is 11.3. The molecule has 0 aromatic carbocycles. The van der Waals surface area contributed by atoms with Gasteiger partial charge in [-0.05, 0) is 17.8 Å². The Labute approximate surface area is 85.9 Å². The van der Waals surface area contributed by atoms with E-state index in [0.717, 1.165) is 6.42 Å². The molecule has 1 aliphatic carbocycles. The zero-order valence-corrected chi connectivity index (χ0v) is 9.50. The van der Waals surface area contributed by atoms with Gasteiger partial charge in [0.25, 0.3) is 0 Å². The van der Waals surface area contributed by atoms with Crippen LogP contribution < -0.4 is 5.32 Å². The Balaban J connectivity index is 2.31. The van der Waals surface area contributed by atoms with Crippen LogP contribution >= 0.6 is 0 Å². The molecular formula is C11H21NO2. The van der Waals surface area contributed by atoms with Gasteiger partial charge in [0, 0.05) is 12.5 Å². The average molecular weight is 199 g/mol. The van der Waals surface area contributed by atoms with Crippen molar-refractivity contribution in [2.24, 2.45) is 17.3 Å². The normalized spacial score (nSPS) is 29.9. The lowest BCUT2D eigenvalue weighted by Gasteiger charge is -2.49. The van der Waals surface area contributed by atoms with Gasteiger partial charge in [-0.25, -0.2) is 0 Å². The molecule has 2 atom stereocenters. The Morgan fingerprint density at radius 3 is 2.50 bits per heavy atom. The van der Waals surface area contributed by atoms with Gasteiger partial charge in [0.2, 0.25) is 5.91 Å². The Kier molecular flexibility index (Phi) is 3.20. The van der Waals surface area contributed by atoms with Crippen LogP contribution in [0.15, 0.2) is 0 Å². The van der Waals surface area contributed by atoms with Crippen molar-refractivity contribution in [2.45, 2.75) is 40.2 Å². The predicted octanol–water partition coefficient (Wildman–Crippen LogP) is 1.17. The van der Waals surface area contributed by atoms with Gasteiger partial charge in [-0.3, -0.25) is 4.79 Å². The van der Waals surface area contributed by atoms with Crippen molar-refractivity contribution in [3.8, 4) is 0 Å². The maximum absolute atomic E-state index is 11.3. The van der Waals surface area contributed by atoms with Crippen LogP contribution in [0.4, 0.5) is 0 Å². The molecule has 2 N–H and O–H groups in total. The first kappa shape index (κ1) is 11.5. The number of rotatable bonds is 3. The summed E-state index contributed by atoms with van der Waals surface area (Å²) in [6.45, 7) is 8.56. The van der Waals surface area contributed by atoms with E-state index in [4.69, 9.17) is 0 Å².